The molecule has 0 saturated heterocycles. The first kappa shape index (κ1) is 25.4. The number of halogens is 2. The van der Waals surface area contributed by atoms with Crippen molar-refractivity contribution in [1.29, 1.82) is 0 Å². The van der Waals surface area contributed by atoms with Crippen molar-refractivity contribution in [3.8, 4) is 11.1 Å². The Hall–Kier alpha value is -4.24. The maximum Gasteiger partial charge on any atom is 0.319 e. The van der Waals surface area contributed by atoms with Gasteiger partial charge < -0.3 is 21.1 Å². The number of anilines is 2. The smallest absolute Gasteiger partial charge is 0.319 e. The topological polar surface area (TPSA) is 111 Å². The molecule has 0 fully saturated rings. The van der Waals surface area contributed by atoms with Crippen LogP contribution in [-0.4, -0.2) is 33.5 Å². The maximum atomic E-state index is 16.7. The minimum Gasteiger partial charge on any atom is -0.388 e. The van der Waals surface area contributed by atoms with Crippen LogP contribution in [0.25, 0.3) is 22.0 Å². The van der Waals surface area contributed by atoms with E-state index in [0.717, 1.165) is 15.8 Å². The number of fused-ring (bicyclic) bond motifs is 2. The number of hydrogen-bond acceptors (Lipinski definition) is 4. The summed E-state index contributed by atoms with van der Waals surface area (Å²) in [6.07, 6.45) is 0.367. The second-order valence-electron chi connectivity index (χ2n) is 10.2. The summed E-state index contributed by atoms with van der Waals surface area (Å²) in [6.45, 7) is 6.52. The molecule has 196 valence electrons. The Balaban J connectivity index is 1.83. The zero-order chi connectivity index (χ0) is 27.5. The molecule has 0 spiro atoms. The minimum absolute atomic E-state index is 0.0745. The van der Waals surface area contributed by atoms with Crippen LogP contribution in [0.15, 0.2) is 54.7 Å². The number of carbonyl (C=O) groups excluding carboxylic acids is 2. The third kappa shape index (κ3) is 3.81. The van der Waals surface area contributed by atoms with Crippen molar-refractivity contribution in [3.05, 3.63) is 83.1 Å². The SMILES string of the molecule is CC(=O)c1ccccc1N(C(N)=O)C1c2c(cc(F)c(-c3cccc4c(C)c[nH]c34)c2F)NC(C)(C)C1O. The molecule has 1 aliphatic heterocycles. The van der Waals surface area contributed by atoms with E-state index in [1.54, 1.807) is 44.3 Å². The molecule has 1 aliphatic rings. The van der Waals surface area contributed by atoms with Gasteiger partial charge in [-0.2, -0.15) is 0 Å². The van der Waals surface area contributed by atoms with E-state index in [-0.39, 0.29) is 33.8 Å². The van der Waals surface area contributed by atoms with Crippen molar-refractivity contribution in [2.75, 3.05) is 10.2 Å². The zero-order valence-electron chi connectivity index (χ0n) is 21.4. The lowest BCUT2D eigenvalue weighted by molar-refractivity contribution is 0.0799. The van der Waals surface area contributed by atoms with Gasteiger partial charge in [0.1, 0.15) is 17.7 Å². The van der Waals surface area contributed by atoms with Crippen molar-refractivity contribution >= 4 is 34.1 Å². The monoisotopic (exact) mass is 518 g/mol. The lowest BCUT2D eigenvalue weighted by atomic mass is 9.79. The van der Waals surface area contributed by atoms with Crippen molar-refractivity contribution in [2.24, 2.45) is 5.73 Å². The van der Waals surface area contributed by atoms with Crippen LogP contribution in [-0.2, 0) is 0 Å². The molecule has 0 bridgehead atoms. The summed E-state index contributed by atoms with van der Waals surface area (Å²) in [5.74, 6) is -2.10. The van der Waals surface area contributed by atoms with Gasteiger partial charge in [0.25, 0.3) is 0 Å². The van der Waals surface area contributed by atoms with Crippen LogP contribution >= 0.6 is 0 Å². The number of aryl methyl sites for hydroxylation is 1. The van der Waals surface area contributed by atoms with Gasteiger partial charge in [0.05, 0.1) is 28.3 Å². The maximum absolute atomic E-state index is 16.7. The first-order valence-electron chi connectivity index (χ1n) is 12.2. The zero-order valence-corrected chi connectivity index (χ0v) is 21.4. The van der Waals surface area contributed by atoms with Crippen molar-refractivity contribution in [3.63, 3.8) is 0 Å². The standard InChI is InChI=1S/C29H28F2N4O3/c1-14-13-33-25-16(14)9-7-10-18(25)22-19(30)12-20-23(24(22)31)26(27(37)29(3,4)34-20)35(28(32)38)21-11-6-5-8-17(21)15(2)36/h5-13,26-27,33-34,37H,1-4H3,(H2,32,38). The van der Waals surface area contributed by atoms with Crippen LogP contribution < -0.4 is 16.0 Å². The van der Waals surface area contributed by atoms with Crippen LogP contribution in [0.1, 0.15) is 48.3 Å². The number of ketones is 1. The molecule has 2 atom stereocenters. The van der Waals surface area contributed by atoms with E-state index >= 15 is 8.78 Å². The Morgan fingerprint density at radius 3 is 2.50 bits per heavy atom. The normalized spacial score (nSPS) is 18.1. The highest BCUT2D eigenvalue weighted by molar-refractivity contribution is 6.05. The molecule has 2 amide bonds. The summed E-state index contributed by atoms with van der Waals surface area (Å²) in [6, 6.07) is 10.2. The summed E-state index contributed by atoms with van der Waals surface area (Å²) in [7, 11) is 0. The molecule has 5 rings (SSSR count). The lowest BCUT2D eigenvalue weighted by Crippen LogP contribution is -2.57. The van der Waals surface area contributed by atoms with E-state index in [2.05, 4.69) is 10.3 Å². The molecule has 2 unspecified atom stereocenters. The van der Waals surface area contributed by atoms with Crippen LogP contribution in [0.4, 0.5) is 25.0 Å². The predicted octanol–water partition coefficient (Wildman–Crippen LogP) is 5.82. The van der Waals surface area contributed by atoms with Crippen LogP contribution in [0.3, 0.4) is 0 Å². The fraction of sp³-hybridized carbons (Fsp3) is 0.241. The number of nitrogens with one attached hydrogen (secondary N) is 2. The van der Waals surface area contributed by atoms with Crippen molar-refractivity contribution in [2.45, 2.75) is 45.4 Å². The summed E-state index contributed by atoms with van der Waals surface area (Å²) >= 11 is 0. The molecule has 1 aromatic heterocycles. The number of carbonyl (C=O) groups is 2. The van der Waals surface area contributed by atoms with Crippen LogP contribution in [0.5, 0.6) is 0 Å². The third-order valence-electron chi connectivity index (χ3n) is 7.30. The molecule has 0 saturated carbocycles. The summed E-state index contributed by atoms with van der Waals surface area (Å²) in [5, 5.41) is 15.3. The molecule has 2 heterocycles. The summed E-state index contributed by atoms with van der Waals surface area (Å²) < 4.78 is 32.3. The molecule has 38 heavy (non-hydrogen) atoms. The highest BCUT2D eigenvalue weighted by atomic mass is 19.1. The molecule has 3 aromatic carbocycles. The first-order chi connectivity index (χ1) is 17.9. The number of nitrogens with two attached hydrogens (primary N) is 1. The Bertz CT molecular complexity index is 1610. The number of primary amides is 1. The van der Waals surface area contributed by atoms with Gasteiger partial charge in [0, 0.05) is 34.0 Å². The number of rotatable bonds is 4. The van der Waals surface area contributed by atoms with Gasteiger partial charge in [-0.25, -0.2) is 13.6 Å². The Kier molecular flexibility index (Phi) is 5.99. The number of nitrogens with zero attached hydrogens (tertiary/aromatic N) is 1. The number of Topliss-reactive ketones (excluding diaryl/α,β-unsaturated/α-hetero) is 1. The van der Waals surface area contributed by atoms with E-state index in [1.807, 2.05) is 13.0 Å². The van der Waals surface area contributed by atoms with Gasteiger partial charge in [-0.15, -0.1) is 0 Å². The van der Waals surface area contributed by atoms with Gasteiger partial charge in [-0.1, -0.05) is 30.3 Å². The third-order valence-corrected chi connectivity index (χ3v) is 7.30. The molecule has 9 heteroatoms. The number of aliphatic hydroxyl groups is 1. The number of benzene rings is 3. The number of para-hydroxylation sites is 2. The van der Waals surface area contributed by atoms with Crippen molar-refractivity contribution in [1.82, 2.24) is 4.98 Å². The van der Waals surface area contributed by atoms with Gasteiger partial charge in [-0.3, -0.25) is 9.69 Å². The Labute approximate surface area is 218 Å². The lowest BCUT2D eigenvalue weighted by Gasteiger charge is -2.47. The number of aromatic nitrogens is 1. The molecule has 0 radical (unpaired) electrons. The van der Waals surface area contributed by atoms with E-state index in [9.17, 15) is 14.7 Å². The molecule has 7 nitrogen and oxygen atoms in total. The van der Waals surface area contributed by atoms with E-state index < -0.39 is 35.4 Å². The van der Waals surface area contributed by atoms with E-state index in [0.29, 0.717) is 11.1 Å². The fourth-order valence-electron chi connectivity index (χ4n) is 5.41. The second kappa shape index (κ2) is 8.95. The second-order valence-corrected chi connectivity index (χ2v) is 10.2. The molecule has 5 N–H and O–H groups in total. The average Bonchev–Trinajstić information content (AvgIpc) is 3.23. The van der Waals surface area contributed by atoms with Crippen LogP contribution in [0.2, 0.25) is 0 Å². The van der Waals surface area contributed by atoms with Gasteiger partial charge >= 0.3 is 6.03 Å². The number of H-pyrrole nitrogens is 1. The van der Waals surface area contributed by atoms with E-state index in [4.69, 9.17) is 5.73 Å². The average molecular weight is 519 g/mol. The quantitative estimate of drug-likeness (QED) is 0.255. The number of urea groups is 1. The number of hydrogen-bond donors (Lipinski definition) is 4. The Morgan fingerprint density at radius 1 is 1.11 bits per heavy atom. The van der Waals surface area contributed by atoms with Crippen molar-refractivity contribution < 1.29 is 23.5 Å². The predicted molar refractivity (Wildman–Crippen MR) is 143 cm³/mol. The molecule has 0 aliphatic carbocycles. The number of amides is 2. The van der Waals surface area contributed by atoms with E-state index in [1.165, 1.54) is 25.1 Å². The summed E-state index contributed by atoms with van der Waals surface area (Å²) in [5.41, 5.74) is 6.39. The number of aliphatic hydroxyl groups excluding tert-OH is 1. The number of aromatic amines is 1. The van der Waals surface area contributed by atoms with Crippen LogP contribution in [0, 0.1) is 18.6 Å². The van der Waals surface area contributed by atoms with Gasteiger partial charge in [0.2, 0.25) is 0 Å². The highest BCUT2D eigenvalue weighted by Gasteiger charge is 2.48. The fourth-order valence-corrected chi connectivity index (χ4v) is 5.41. The largest absolute Gasteiger partial charge is 0.388 e. The van der Waals surface area contributed by atoms with Gasteiger partial charge in [0.15, 0.2) is 5.78 Å². The molecule has 4 aromatic rings. The summed E-state index contributed by atoms with van der Waals surface area (Å²) in [4.78, 5) is 29.5. The molecular weight excluding hydrogens is 490 g/mol. The first-order valence-corrected chi connectivity index (χ1v) is 12.2. The minimum atomic E-state index is -1.39. The van der Waals surface area contributed by atoms with Gasteiger partial charge in [-0.05, 0) is 51.5 Å². The Morgan fingerprint density at radius 2 is 1.82 bits per heavy atom. The molecular formula is C29H28F2N4O3. The highest BCUT2D eigenvalue weighted by Crippen LogP contribution is 2.48.